The van der Waals surface area contributed by atoms with Gasteiger partial charge in [0.25, 0.3) is 5.91 Å². The monoisotopic (exact) mass is 472 g/mol. The molecule has 7 nitrogen and oxygen atoms in total. The fraction of sp³-hybridized carbons (Fsp3) is 0.250. The standard InChI is InChI=1S/C24H25FN2O5S/c1-16(18-7-10-21(25)11-8-18)27-24(29)17(2)32-23(28)13-14-26-33(30,31)22-12-9-19-5-3-4-6-20(19)15-22/h3-12,15-17,26H,13-14H2,1-2H3,(H,27,29)/t16-,17+/m0/s1. The third-order valence-electron chi connectivity index (χ3n) is 5.06. The van der Waals surface area contributed by atoms with Crippen molar-refractivity contribution in [3.8, 4) is 0 Å². The quantitative estimate of drug-likeness (QED) is 0.465. The fourth-order valence-corrected chi connectivity index (χ4v) is 4.25. The van der Waals surface area contributed by atoms with Crippen molar-refractivity contribution < 1.29 is 27.1 Å². The Morgan fingerprint density at radius 1 is 0.970 bits per heavy atom. The van der Waals surface area contributed by atoms with E-state index in [9.17, 15) is 22.4 Å². The van der Waals surface area contributed by atoms with Crippen LogP contribution in [-0.4, -0.2) is 32.9 Å². The summed E-state index contributed by atoms with van der Waals surface area (Å²) in [5.41, 5.74) is 0.700. The second-order valence-corrected chi connectivity index (χ2v) is 9.34. The molecule has 0 aromatic heterocycles. The van der Waals surface area contributed by atoms with Gasteiger partial charge in [0.2, 0.25) is 10.0 Å². The molecule has 174 valence electrons. The number of benzene rings is 3. The molecule has 33 heavy (non-hydrogen) atoms. The zero-order valence-electron chi connectivity index (χ0n) is 18.2. The summed E-state index contributed by atoms with van der Waals surface area (Å²) in [6, 6.07) is 17.4. The number of esters is 1. The molecule has 1 amide bonds. The SMILES string of the molecule is C[C@H](NC(=O)[C@@H](C)OC(=O)CCNS(=O)(=O)c1ccc2ccccc2c1)c1ccc(F)cc1. The Bertz CT molecular complexity index is 1250. The average Bonchev–Trinajstić information content (AvgIpc) is 2.78. The summed E-state index contributed by atoms with van der Waals surface area (Å²) in [6.45, 7) is 2.97. The van der Waals surface area contributed by atoms with Gasteiger partial charge in [0.1, 0.15) is 5.82 Å². The number of hydrogen-bond acceptors (Lipinski definition) is 5. The van der Waals surface area contributed by atoms with Crippen LogP contribution in [0.25, 0.3) is 10.8 Å². The van der Waals surface area contributed by atoms with Crippen molar-refractivity contribution in [2.45, 2.75) is 37.3 Å². The summed E-state index contributed by atoms with van der Waals surface area (Å²) in [5.74, 6) is -1.61. The zero-order valence-corrected chi connectivity index (χ0v) is 19.1. The topological polar surface area (TPSA) is 102 Å². The van der Waals surface area contributed by atoms with Crippen molar-refractivity contribution >= 4 is 32.7 Å². The van der Waals surface area contributed by atoms with Gasteiger partial charge in [-0.05, 0) is 54.4 Å². The Balaban J connectivity index is 1.47. The summed E-state index contributed by atoms with van der Waals surface area (Å²) in [7, 11) is -3.81. The van der Waals surface area contributed by atoms with E-state index in [4.69, 9.17) is 4.74 Å². The zero-order chi connectivity index (χ0) is 24.0. The first-order valence-corrected chi connectivity index (χ1v) is 11.9. The molecule has 0 aliphatic rings. The number of amides is 1. The minimum absolute atomic E-state index is 0.0945. The molecular weight excluding hydrogens is 447 g/mol. The van der Waals surface area contributed by atoms with Gasteiger partial charge in [0.05, 0.1) is 17.4 Å². The largest absolute Gasteiger partial charge is 0.453 e. The van der Waals surface area contributed by atoms with Gasteiger partial charge >= 0.3 is 5.97 Å². The lowest BCUT2D eigenvalue weighted by molar-refractivity contribution is -0.154. The second kappa shape index (κ2) is 10.5. The van der Waals surface area contributed by atoms with Gasteiger partial charge in [-0.3, -0.25) is 9.59 Å². The minimum atomic E-state index is -3.81. The van der Waals surface area contributed by atoms with Gasteiger partial charge in [-0.1, -0.05) is 42.5 Å². The van der Waals surface area contributed by atoms with Crippen LogP contribution in [0, 0.1) is 5.82 Å². The second-order valence-electron chi connectivity index (χ2n) is 7.57. The van der Waals surface area contributed by atoms with Gasteiger partial charge in [0.15, 0.2) is 6.10 Å². The lowest BCUT2D eigenvalue weighted by atomic mass is 10.1. The predicted molar refractivity (Wildman–Crippen MR) is 122 cm³/mol. The lowest BCUT2D eigenvalue weighted by Gasteiger charge is -2.18. The Kier molecular flexibility index (Phi) is 7.78. The molecule has 0 saturated carbocycles. The molecule has 2 atom stereocenters. The van der Waals surface area contributed by atoms with E-state index in [0.717, 1.165) is 10.8 Å². The van der Waals surface area contributed by atoms with Gasteiger partial charge in [-0.15, -0.1) is 0 Å². The summed E-state index contributed by atoms with van der Waals surface area (Å²) >= 11 is 0. The smallest absolute Gasteiger partial charge is 0.307 e. The molecule has 0 fully saturated rings. The van der Waals surface area contributed by atoms with Crippen molar-refractivity contribution in [2.75, 3.05) is 6.54 Å². The Morgan fingerprint density at radius 3 is 2.33 bits per heavy atom. The van der Waals surface area contributed by atoms with Crippen LogP contribution in [0.4, 0.5) is 4.39 Å². The number of hydrogen-bond donors (Lipinski definition) is 2. The number of sulfonamides is 1. The first-order chi connectivity index (χ1) is 15.7. The van der Waals surface area contributed by atoms with E-state index < -0.39 is 34.0 Å². The third-order valence-corrected chi connectivity index (χ3v) is 6.52. The van der Waals surface area contributed by atoms with E-state index in [-0.39, 0.29) is 23.7 Å². The molecular formula is C24H25FN2O5S. The van der Waals surface area contributed by atoms with Crippen LogP contribution in [0.1, 0.15) is 31.9 Å². The highest BCUT2D eigenvalue weighted by Crippen LogP contribution is 2.19. The van der Waals surface area contributed by atoms with E-state index in [1.54, 1.807) is 31.2 Å². The first-order valence-electron chi connectivity index (χ1n) is 10.4. The van der Waals surface area contributed by atoms with E-state index in [1.165, 1.54) is 25.1 Å². The maximum absolute atomic E-state index is 13.0. The van der Waals surface area contributed by atoms with Crippen molar-refractivity contribution in [1.29, 1.82) is 0 Å². The van der Waals surface area contributed by atoms with Crippen LogP contribution in [0.2, 0.25) is 0 Å². The minimum Gasteiger partial charge on any atom is -0.453 e. The molecule has 0 aliphatic carbocycles. The van der Waals surface area contributed by atoms with Crippen molar-refractivity contribution in [2.24, 2.45) is 0 Å². The number of carbonyl (C=O) groups is 2. The van der Waals surface area contributed by atoms with Gasteiger partial charge in [-0.2, -0.15) is 0 Å². The Hall–Kier alpha value is -3.30. The molecule has 0 aliphatic heterocycles. The number of fused-ring (bicyclic) bond motifs is 1. The molecule has 0 heterocycles. The van der Waals surface area contributed by atoms with E-state index in [2.05, 4.69) is 10.0 Å². The number of halogens is 1. The van der Waals surface area contributed by atoms with Crippen LogP contribution in [0.5, 0.6) is 0 Å². The summed E-state index contributed by atoms with van der Waals surface area (Å²) in [6.07, 6.45) is -1.31. The molecule has 0 saturated heterocycles. The number of rotatable bonds is 9. The predicted octanol–water partition coefficient (Wildman–Crippen LogP) is 3.46. The van der Waals surface area contributed by atoms with Gasteiger partial charge in [-0.25, -0.2) is 17.5 Å². The normalized spacial score (nSPS) is 13.3. The molecule has 0 radical (unpaired) electrons. The van der Waals surface area contributed by atoms with E-state index in [1.807, 2.05) is 24.3 Å². The van der Waals surface area contributed by atoms with Crippen molar-refractivity contribution in [3.63, 3.8) is 0 Å². The molecule has 9 heteroatoms. The Morgan fingerprint density at radius 2 is 1.64 bits per heavy atom. The number of carbonyl (C=O) groups excluding carboxylic acids is 2. The highest BCUT2D eigenvalue weighted by Gasteiger charge is 2.21. The highest BCUT2D eigenvalue weighted by atomic mass is 32.2. The maximum Gasteiger partial charge on any atom is 0.307 e. The highest BCUT2D eigenvalue weighted by molar-refractivity contribution is 7.89. The van der Waals surface area contributed by atoms with Crippen LogP contribution >= 0.6 is 0 Å². The summed E-state index contributed by atoms with van der Waals surface area (Å²) in [4.78, 5) is 24.4. The van der Waals surface area contributed by atoms with Gasteiger partial charge in [0, 0.05) is 6.54 Å². The molecule has 0 spiro atoms. The van der Waals surface area contributed by atoms with Crippen LogP contribution in [0.15, 0.2) is 71.6 Å². The lowest BCUT2D eigenvalue weighted by Crippen LogP contribution is -2.37. The number of nitrogens with one attached hydrogen (secondary N) is 2. The molecule has 0 unspecified atom stereocenters. The summed E-state index contributed by atoms with van der Waals surface area (Å²) in [5, 5.41) is 4.39. The van der Waals surface area contributed by atoms with Crippen molar-refractivity contribution in [1.82, 2.24) is 10.0 Å². The molecule has 3 rings (SSSR count). The van der Waals surface area contributed by atoms with E-state index >= 15 is 0 Å². The Labute approximate surface area is 192 Å². The molecule has 0 bridgehead atoms. The first kappa shape index (κ1) is 24.3. The molecule has 3 aromatic rings. The fourth-order valence-electron chi connectivity index (χ4n) is 3.18. The van der Waals surface area contributed by atoms with Crippen molar-refractivity contribution in [3.05, 3.63) is 78.1 Å². The third kappa shape index (κ3) is 6.59. The van der Waals surface area contributed by atoms with Crippen LogP contribution in [-0.2, 0) is 24.3 Å². The van der Waals surface area contributed by atoms with Gasteiger partial charge < -0.3 is 10.1 Å². The van der Waals surface area contributed by atoms with Crippen LogP contribution < -0.4 is 10.0 Å². The molecule has 2 N–H and O–H groups in total. The van der Waals surface area contributed by atoms with E-state index in [0.29, 0.717) is 5.56 Å². The summed E-state index contributed by atoms with van der Waals surface area (Å²) < 4.78 is 45.5. The average molecular weight is 473 g/mol. The maximum atomic E-state index is 13.0. The van der Waals surface area contributed by atoms with Crippen LogP contribution in [0.3, 0.4) is 0 Å². The molecule has 3 aromatic carbocycles. The number of ether oxygens (including phenoxy) is 1.